The van der Waals surface area contributed by atoms with E-state index in [0.717, 1.165) is 42.5 Å². The zero-order valence-corrected chi connectivity index (χ0v) is 15.7. The number of ether oxygens (including phenoxy) is 1. The van der Waals surface area contributed by atoms with Crippen LogP contribution in [-0.4, -0.2) is 54.1 Å². The summed E-state index contributed by atoms with van der Waals surface area (Å²) in [6.07, 6.45) is 4.68. The largest absolute Gasteiger partial charge is 0.481 e. The predicted octanol–water partition coefficient (Wildman–Crippen LogP) is 3.33. The first-order valence-corrected chi connectivity index (χ1v) is 9.83. The van der Waals surface area contributed by atoms with E-state index in [0.29, 0.717) is 11.9 Å². The molecule has 0 radical (unpaired) electrons. The smallest absolute Gasteiger partial charge is 0.213 e. The quantitative estimate of drug-likeness (QED) is 0.611. The van der Waals surface area contributed by atoms with Crippen molar-refractivity contribution in [3.63, 3.8) is 0 Å². The van der Waals surface area contributed by atoms with Crippen LogP contribution in [0, 0.1) is 5.82 Å². The lowest BCUT2D eigenvalue weighted by molar-refractivity contribution is 0.249. The van der Waals surface area contributed by atoms with Crippen molar-refractivity contribution in [2.75, 3.05) is 37.9 Å². The van der Waals surface area contributed by atoms with Crippen LogP contribution in [0.4, 0.5) is 15.8 Å². The number of nitrogens with zero attached hydrogens (tertiary/aromatic N) is 4. The molecule has 26 heavy (non-hydrogen) atoms. The Morgan fingerprint density at radius 2 is 2.15 bits per heavy atom. The first-order valence-electron chi connectivity index (χ1n) is 8.60. The van der Waals surface area contributed by atoms with Gasteiger partial charge in [-0.1, -0.05) is 11.8 Å². The molecule has 0 spiro atoms. The Bertz CT molecular complexity index is 821. The fourth-order valence-electron chi connectivity index (χ4n) is 3.50. The van der Waals surface area contributed by atoms with Crippen LogP contribution in [-0.2, 0) is 6.42 Å². The van der Waals surface area contributed by atoms with E-state index in [9.17, 15) is 4.39 Å². The number of hydrogen-bond donors (Lipinski definition) is 0. The summed E-state index contributed by atoms with van der Waals surface area (Å²) in [4.78, 5) is 13.6. The van der Waals surface area contributed by atoms with Crippen molar-refractivity contribution in [3.8, 4) is 5.88 Å². The van der Waals surface area contributed by atoms with Crippen LogP contribution in [0.25, 0.3) is 0 Å². The number of methoxy groups -OCH3 is 1. The molecular weight excluding hydrogens is 351 g/mol. The molecule has 1 aromatic heterocycles. The van der Waals surface area contributed by atoms with Crippen molar-refractivity contribution >= 4 is 28.3 Å². The van der Waals surface area contributed by atoms with Gasteiger partial charge >= 0.3 is 0 Å². The maximum atomic E-state index is 13.4. The Kier molecular flexibility index (Phi) is 4.72. The molecule has 0 atom stereocenters. The van der Waals surface area contributed by atoms with E-state index >= 15 is 0 Å². The van der Waals surface area contributed by atoms with Gasteiger partial charge in [-0.2, -0.15) is 0 Å². The fraction of sp³-hybridized carbons (Fsp3) is 0.368. The Balaban J connectivity index is 1.42. The minimum Gasteiger partial charge on any atom is -0.481 e. The standard InChI is InChI=1S/C19H21FN4OS/c1-25-18-6-4-15(10-21-18)22-19(26-2)23-11-16(12-23)24-8-7-13-9-14(20)3-5-17(13)24/h3-6,9-10,16H,7-8,11-12H2,1-2H3/b22-19+. The van der Waals surface area contributed by atoms with E-state index in [2.05, 4.69) is 14.8 Å². The number of fused-ring (bicyclic) bond motifs is 1. The monoisotopic (exact) mass is 372 g/mol. The predicted molar refractivity (Wildman–Crippen MR) is 104 cm³/mol. The van der Waals surface area contributed by atoms with Crippen LogP contribution >= 0.6 is 11.8 Å². The molecule has 3 heterocycles. The SMILES string of the molecule is COc1ccc(/N=C(/SC)N2CC(N3CCc4cc(F)ccc43)C2)cn1. The van der Waals surface area contributed by atoms with E-state index in [1.165, 1.54) is 5.69 Å². The van der Waals surface area contributed by atoms with Gasteiger partial charge < -0.3 is 14.5 Å². The van der Waals surface area contributed by atoms with Gasteiger partial charge in [0, 0.05) is 31.4 Å². The van der Waals surface area contributed by atoms with E-state index in [-0.39, 0.29) is 5.82 Å². The molecule has 5 nitrogen and oxygen atoms in total. The second kappa shape index (κ2) is 7.15. The second-order valence-electron chi connectivity index (χ2n) is 6.43. The Morgan fingerprint density at radius 3 is 2.85 bits per heavy atom. The third-order valence-electron chi connectivity index (χ3n) is 4.88. The second-order valence-corrected chi connectivity index (χ2v) is 7.21. The van der Waals surface area contributed by atoms with Gasteiger partial charge in [-0.3, -0.25) is 0 Å². The van der Waals surface area contributed by atoms with Gasteiger partial charge in [-0.15, -0.1) is 0 Å². The fourth-order valence-corrected chi connectivity index (χ4v) is 4.10. The summed E-state index contributed by atoms with van der Waals surface area (Å²) in [5.74, 6) is 0.438. The molecule has 2 aliphatic rings. The van der Waals surface area contributed by atoms with E-state index in [1.54, 1.807) is 37.2 Å². The van der Waals surface area contributed by atoms with E-state index in [4.69, 9.17) is 9.73 Å². The van der Waals surface area contributed by atoms with Gasteiger partial charge in [-0.05, 0) is 42.5 Å². The number of halogens is 1. The van der Waals surface area contributed by atoms with Crippen LogP contribution < -0.4 is 9.64 Å². The molecule has 0 saturated carbocycles. The molecule has 136 valence electrons. The summed E-state index contributed by atoms with van der Waals surface area (Å²) in [6, 6.07) is 9.30. The number of amidine groups is 1. The summed E-state index contributed by atoms with van der Waals surface area (Å²) in [7, 11) is 1.60. The maximum absolute atomic E-state index is 13.4. The number of aliphatic imine (C=N–C) groups is 1. The summed E-state index contributed by atoms with van der Waals surface area (Å²) in [6.45, 7) is 2.82. The Hall–Kier alpha value is -2.28. The highest BCUT2D eigenvalue weighted by molar-refractivity contribution is 8.13. The third kappa shape index (κ3) is 3.23. The molecule has 1 fully saturated rings. The zero-order valence-electron chi connectivity index (χ0n) is 14.9. The Labute approximate surface area is 156 Å². The van der Waals surface area contributed by atoms with E-state index < -0.39 is 0 Å². The molecular formula is C19H21FN4OS. The van der Waals surface area contributed by atoms with Crippen LogP contribution in [0.5, 0.6) is 5.88 Å². The Morgan fingerprint density at radius 1 is 1.31 bits per heavy atom. The summed E-state index contributed by atoms with van der Waals surface area (Å²) in [5.41, 5.74) is 3.12. The van der Waals surface area contributed by atoms with E-state index in [1.807, 2.05) is 24.5 Å². The zero-order chi connectivity index (χ0) is 18.1. The molecule has 2 aromatic rings. The van der Waals surface area contributed by atoms with Crippen LogP contribution in [0.1, 0.15) is 5.56 Å². The van der Waals surface area contributed by atoms with Crippen molar-refractivity contribution in [1.29, 1.82) is 0 Å². The molecule has 0 N–H and O–H groups in total. The maximum Gasteiger partial charge on any atom is 0.213 e. The van der Waals surface area contributed by atoms with Crippen molar-refractivity contribution in [1.82, 2.24) is 9.88 Å². The molecule has 0 aliphatic carbocycles. The normalized spacial score (nSPS) is 17.3. The van der Waals surface area contributed by atoms with Gasteiger partial charge in [0.05, 0.1) is 25.0 Å². The lowest BCUT2D eigenvalue weighted by Gasteiger charge is -2.46. The lowest BCUT2D eigenvalue weighted by atomic mass is 10.1. The average molecular weight is 372 g/mol. The highest BCUT2D eigenvalue weighted by Crippen LogP contribution is 2.33. The number of pyridine rings is 1. The number of rotatable bonds is 3. The van der Waals surface area contributed by atoms with Crippen molar-refractivity contribution in [2.45, 2.75) is 12.5 Å². The van der Waals surface area contributed by atoms with Crippen LogP contribution in [0.15, 0.2) is 41.5 Å². The number of benzene rings is 1. The van der Waals surface area contributed by atoms with Crippen LogP contribution in [0.2, 0.25) is 0 Å². The van der Waals surface area contributed by atoms with Crippen molar-refractivity contribution < 1.29 is 9.13 Å². The molecule has 4 rings (SSSR count). The molecule has 7 heteroatoms. The first-order chi connectivity index (χ1) is 12.7. The van der Waals surface area contributed by atoms with Gasteiger partial charge in [0.1, 0.15) is 5.82 Å². The summed E-state index contributed by atoms with van der Waals surface area (Å²) in [5, 5.41) is 0.992. The van der Waals surface area contributed by atoms with Crippen molar-refractivity contribution in [3.05, 3.63) is 47.9 Å². The highest BCUT2D eigenvalue weighted by atomic mass is 32.2. The highest BCUT2D eigenvalue weighted by Gasteiger charge is 2.36. The number of likely N-dealkylation sites (tertiary alicyclic amines) is 1. The number of anilines is 1. The minimum atomic E-state index is -0.147. The van der Waals surface area contributed by atoms with Gasteiger partial charge in [0.15, 0.2) is 5.17 Å². The number of aromatic nitrogens is 1. The van der Waals surface area contributed by atoms with Gasteiger partial charge in [0.2, 0.25) is 5.88 Å². The molecule has 1 saturated heterocycles. The first kappa shape index (κ1) is 17.1. The topological polar surface area (TPSA) is 41.0 Å². The summed E-state index contributed by atoms with van der Waals surface area (Å²) >= 11 is 1.64. The molecule has 0 bridgehead atoms. The van der Waals surface area contributed by atoms with Gasteiger partial charge in [0.25, 0.3) is 0 Å². The average Bonchev–Trinajstić information content (AvgIpc) is 3.03. The lowest BCUT2D eigenvalue weighted by Crippen LogP contribution is -2.60. The third-order valence-corrected chi connectivity index (χ3v) is 5.60. The van der Waals surface area contributed by atoms with Crippen LogP contribution in [0.3, 0.4) is 0 Å². The summed E-state index contributed by atoms with van der Waals surface area (Å²) < 4.78 is 18.5. The molecule has 1 aromatic carbocycles. The number of thioether (sulfide) groups is 1. The van der Waals surface area contributed by atoms with Gasteiger partial charge in [-0.25, -0.2) is 14.4 Å². The number of hydrogen-bond acceptors (Lipinski definition) is 5. The molecule has 2 aliphatic heterocycles. The molecule has 0 amide bonds. The van der Waals surface area contributed by atoms with Crippen molar-refractivity contribution in [2.24, 2.45) is 4.99 Å². The molecule has 0 unspecified atom stereocenters. The minimum absolute atomic E-state index is 0.147.